The largest absolute Gasteiger partial charge is 0.493 e. The van der Waals surface area contributed by atoms with Gasteiger partial charge in [-0.25, -0.2) is 4.99 Å². The molecule has 7 heteroatoms. The number of fused-ring (bicyclic) bond motifs is 2. The van der Waals surface area contributed by atoms with Crippen LogP contribution < -0.4 is 21.1 Å². The average Bonchev–Trinajstić information content (AvgIpc) is 2.88. The summed E-state index contributed by atoms with van der Waals surface area (Å²) in [5, 5.41) is 5.67. The number of ether oxygens (including phenoxy) is 1. The number of hydrogen-bond donors (Lipinski definition) is 3. The van der Waals surface area contributed by atoms with E-state index in [0.29, 0.717) is 13.0 Å². The van der Waals surface area contributed by atoms with Gasteiger partial charge in [0, 0.05) is 17.5 Å². The summed E-state index contributed by atoms with van der Waals surface area (Å²) in [5.74, 6) is 1.13. The van der Waals surface area contributed by atoms with Crippen molar-refractivity contribution in [3.8, 4) is 5.75 Å². The highest BCUT2D eigenvalue weighted by molar-refractivity contribution is 5.98. The molecule has 4 N–H and O–H groups in total. The molecule has 1 atom stereocenters. The minimum absolute atomic E-state index is 0.0140. The lowest BCUT2D eigenvalue weighted by atomic mass is 9.88. The van der Waals surface area contributed by atoms with Crippen LogP contribution in [0.4, 0.5) is 0 Å². The molecule has 1 unspecified atom stereocenters. The fraction of sp³-hybridized carbons (Fsp3) is 0.464. The molecule has 3 aliphatic rings. The number of rotatable bonds is 4. The first-order valence-electron chi connectivity index (χ1n) is 12.7. The van der Waals surface area contributed by atoms with E-state index in [4.69, 9.17) is 10.5 Å². The monoisotopic (exact) mass is 476 g/mol. The van der Waals surface area contributed by atoms with Crippen LogP contribution in [0.1, 0.15) is 85.5 Å². The molecule has 186 valence electrons. The number of para-hydroxylation sites is 1. The number of aryl methyl sites for hydroxylation is 2. The van der Waals surface area contributed by atoms with Crippen LogP contribution in [0.25, 0.3) is 0 Å². The van der Waals surface area contributed by atoms with E-state index in [9.17, 15) is 9.59 Å². The molecule has 0 aromatic heterocycles. The lowest BCUT2D eigenvalue weighted by Crippen LogP contribution is -2.48. The minimum Gasteiger partial charge on any atom is -0.493 e. The van der Waals surface area contributed by atoms with Crippen LogP contribution in [0.15, 0.2) is 47.5 Å². The molecule has 0 fully saturated rings. The fourth-order valence-corrected chi connectivity index (χ4v) is 5.08. The molecule has 5 rings (SSSR count). The average molecular weight is 477 g/mol. The molecule has 0 saturated carbocycles. The molecule has 2 aliphatic heterocycles. The highest BCUT2D eigenvalue weighted by Gasteiger charge is 2.32. The number of carbonyl (C=O) groups is 2. The van der Waals surface area contributed by atoms with Crippen molar-refractivity contribution < 1.29 is 14.3 Å². The molecule has 0 saturated heterocycles. The molecule has 2 amide bonds. The molecule has 0 spiro atoms. The van der Waals surface area contributed by atoms with Gasteiger partial charge in [0.2, 0.25) is 5.91 Å². The van der Waals surface area contributed by atoms with E-state index >= 15 is 0 Å². The van der Waals surface area contributed by atoms with Gasteiger partial charge in [0.1, 0.15) is 5.75 Å². The number of nitrogens with one attached hydrogen (secondary N) is 2. The molecule has 0 bridgehead atoms. The van der Waals surface area contributed by atoms with Gasteiger partial charge in [0.25, 0.3) is 5.91 Å². The first kappa shape index (κ1) is 24.8. The Morgan fingerprint density at radius 2 is 1.89 bits per heavy atom. The van der Waals surface area contributed by atoms with Gasteiger partial charge in [-0.2, -0.15) is 0 Å². The smallest absolute Gasteiger partial charge is 0.251 e. The van der Waals surface area contributed by atoms with Gasteiger partial charge in [0.15, 0.2) is 5.96 Å². The zero-order valence-electron chi connectivity index (χ0n) is 20.7. The minimum atomic E-state index is -0.244. The predicted octanol–water partition coefficient (Wildman–Crippen LogP) is 4.20. The third-order valence-corrected chi connectivity index (χ3v) is 7.31. The number of hydrogen-bond acceptors (Lipinski definition) is 5. The number of guanidine groups is 1. The van der Waals surface area contributed by atoms with Gasteiger partial charge < -0.3 is 15.8 Å². The Morgan fingerprint density at radius 3 is 2.63 bits per heavy atom. The van der Waals surface area contributed by atoms with Crippen molar-refractivity contribution in [1.82, 2.24) is 10.6 Å². The first-order valence-corrected chi connectivity index (χ1v) is 12.7. The van der Waals surface area contributed by atoms with Gasteiger partial charge in [-0.15, -0.1) is 0 Å². The Bertz CT molecular complexity index is 1110. The maximum atomic E-state index is 12.7. The van der Waals surface area contributed by atoms with Crippen LogP contribution in [-0.4, -0.2) is 29.9 Å². The van der Waals surface area contributed by atoms with Crippen LogP contribution in [-0.2, 0) is 17.6 Å². The van der Waals surface area contributed by atoms with Crippen LogP contribution in [0.5, 0.6) is 5.75 Å². The summed E-state index contributed by atoms with van der Waals surface area (Å²) in [4.78, 5) is 28.1. The second-order valence-electron chi connectivity index (χ2n) is 9.55. The van der Waals surface area contributed by atoms with E-state index in [1.807, 2.05) is 44.2 Å². The third kappa shape index (κ3) is 5.84. The summed E-state index contributed by atoms with van der Waals surface area (Å²) >= 11 is 0. The van der Waals surface area contributed by atoms with E-state index in [2.05, 4.69) is 27.8 Å². The number of amides is 2. The molecule has 2 aromatic carbocycles. The van der Waals surface area contributed by atoms with E-state index < -0.39 is 0 Å². The Morgan fingerprint density at radius 1 is 1.14 bits per heavy atom. The lowest BCUT2D eigenvalue weighted by molar-refractivity contribution is -0.121. The lowest BCUT2D eigenvalue weighted by Gasteiger charge is -2.30. The maximum Gasteiger partial charge on any atom is 0.251 e. The second kappa shape index (κ2) is 10.9. The standard InChI is InChI=1S/C20H21NO2.C8H15N3O/c22-20(16-10-9-14-5-1-2-6-15(14)13-16)21-18-11-12-23-19-8-4-3-7-17(18)19;1-3-8(4-2)5-6(12)10-7(9)11-8/h3-4,7-10,13,18H,1-2,5-6,11-12H2,(H,21,22);3-5H2,1-2H3,(H3,9,10,11,12). The van der Waals surface area contributed by atoms with Gasteiger partial charge in [-0.05, 0) is 67.9 Å². The highest BCUT2D eigenvalue weighted by Crippen LogP contribution is 2.32. The number of nitrogens with zero attached hydrogens (tertiary/aromatic N) is 1. The van der Waals surface area contributed by atoms with Crippen molar-refractivity contribution in [2.45, 2.75) is 76.8 Å². The van der Waals surface area contributed by atoms with Crippen molar-refractivity contribution in [3.05, 3.63) is 64.7 Å². The third-order valence-electron chi connectivity index (χ3n) is 7.31. The van der Waals surface area contributed by atoms with Crippen LogP contribution in [0.3, 0.4) is 0 Å². The number of benzene rings is 2. The SMILES string of the molecule is CCC1(CC)CC(=O)NC(N)=N1.O=C(NC1CCOc2ccccc21)c1ccc2c(c1)CCCC2. The van der Waals surface area contributed by atoms with E-state index in [1.165, 1.54) is 24.0 Å². The summed E-state index contributed by atoms with van der Waals surface area (Å²) in [6.07, 6.45) is 7.72. The topological polar surface area (TPSA) is 106 Å². The predicted molar refractivity (Wildman–Crippen MR) is 138 cm³/mol. The van der Waals surface area contributed by atoms with Gasteiger partial charge >= 0.3 is 0 Å². The Kier molecular flexibility index (Phi) is 7.73. The van der Waals surface area contributed by atoms with Crippen molar-refractivity contribution in [2.75, 3.05) is 6.61 Å². The summed E-state index contributed by atoms with van der Waals surface area (Å²) < 4.78 is 5.66. The van der Waals surface area contributed by atoms with Gasteiger partial charge in [-0.1, -0.05) is 38.1 Å². The van der Waals surface area contributed by atoms with Crippen molar-refractivity contribution >= 4 is 17.8 Å². The summed E-state index contributed by atoms with van der Waals surface area (Å²) in [7, 11) is 0. The van der Waals surface area contributed by atoms with Crippen LogP contribution >= 0.6 is 0 Å². The van der Waals surface area contributed by atoms with E-state index in [-0.39, 0.29) is 29.4 Å². The van der Waals surface area contributed by atoms with E-state index in [0.717, 1.165) is 49.0 Å². The highest BCUT2D eigenvalue weighted by atomic mass is 16.5. The summed E-state index contributed by atoms with van der Waals surface area (Å²) in [6, 6.07) is 14.2. The molecule has 7 nitrogen and oxygen atoms in total. The van der Waals surface area contributed by atoms with Gasteiger partial charge in [-0.3, -0.25) is 14.9 Å². The molecular weight excluding hydrogens is 440 g/mol. The fourth-order valence-electron chi connectivity index (χ4n) is 5.08. The Balaban J connectivity index is 0.000000204. The number of carbonyl (C=O) groups excluding carboxylic acids is 2. The Hall–Kier alpha value is -3.35. The summed E-state index contributed by atoms with van der Waals surface area (Å²) in [5.41, 5.74) is 9.82. The number of aliphatic imine (C=N–C) groups is 1. The quantitative estimate of drug-likeness (QED) is 0.615. The zero-order valence-corrected chi connectivity index (χ0v) is 20.7. The van der Waals surface area contributed by atoms with E-state index in [1.54, 1.807) is 0 Å². The zero-order chi connectivity index (χ0) is 24.8. The molecule has 2 aromatic rings. The normalized spacial score (nSPS) is 20.0. The Labute approximate surface area is 207 Å². The molecule has 1 aliphatic carbocycles. The van der Waals surface area contributed by atoms with Crippen molar-refractivity contribution in [1.29, 1.82) is 0 Å². The molecule has 35 heavy (non-hydrogen) atoms. The number of nitrogens with two attached hydrogens (primary N) is 1. The maximum absolute atomic E-state index is 12.7. The van der Waals surface area contributed by atoms with Gasteiger partial charge in [0.05, 0.1) is 24.6 Å². The summed E-state index contributed by atoms with van der Waals surface area (Å²) in [6.45, 7) is 4.70. The molecule has 0 radical (unpaired) electrons. The van der Waals surface area contributed by atoms with Crippen molar-refractivity contribution in [2.24, 2.45) is 10.7 Å². The van der Waals surface area contributed by atoms with Crippen LogP contribution in [0, 0.1) is 0 Å². The first-order chi connectivity index (χ1) is 16.9. The molecular formula is C28H36N4O3. The van der Waals surface area contributed by atoms with Crippen molar-refractivity contribution in [3.63, 3.8) is 0 Å². The second-order valence-corrected chi connectivity index (χ2v) is 9.55. The van der Waals surface area contributed by atoms with Crippen LogP contribution in [0.2, 0.25) is 0 Å². The molecule has 2 heterocycles.